The van der Waals surface area contributed by atoms with Gasteiger partial charge in [-0.2, -0.15) is 5.10 Å². The van der Waals surface area contributed by atoms with Gasteiger partial charge in [-0.1, -0.05) is 0 Å². The van der Waals surface area contributed by atoms with Crippen molar-refractivity contribution in [2.75, 3.05) is 19.8 Å². The topological polar surface area (TPSA) is 102 Å². The van der Waals surface area contributed by atoms with Crippen LogP contribution >= 0.6 is 0 Å². The predicted molar refractivity (Wildman–Crippen MR) is 106 cm³/mol. The van der Waals surface area contributed by atoms with Crippen molar-refractivity contribution >= 4 is 16.8 Å². The number of aryl methyl sites for hydroxylation is 1. The second kappa shape index (κ2) is 10.1. The fraction of sp³-hybridized carbons (Fsp3) is 0.400. The second-order valence-electron chi connectivity index (χ2n) is 6.79. The van der Waals surface area contributed by atoms with Crippen LogP contribution in [0.3, 0.4) is 0 Å². The highest BCUT2D eigenvalue weighted by atomic mass is 19.3. The summed E-state index contributed by atoms with van der Waals surface area (Å²) < 4.78 is 31.3. The SMILES string of the molecule is Cc1cc(Cn2cc3c(CC(=O)NCCCO)nccc3n2)cnc1OCC(F)F. The molecule has 0 radical (unpaired) electrons. The van der Waals surface area contributed by atoms with Gasteiger partial charge in [0.25, 0.3) is 6.43 Å². The van der Waals surface area contributed by atoms with E-state index >= 15 is 0 Å². The highest BCUT2D eigenvalue weighted by molar-refractivity contribution is 5.86. The molecule has 0 fully saturated rings. The molecule has 0 saturated heterocycles. The van der Waals surface area contributed by atoms with Crippen LogP contribution in [0.4, 0.5) is 8.78 Å². The maximum atomic E-state index is 12.3. The molecule has 0 saturated carbocycles. The van der Waals surface area contributed by atoms with Gasteiger partial charge in [-0.05, 0) is 31.0 Å². The van der Waals surface area contributed by atoms with E-state index in [-0.39, 0.29) is 24.8 Å². The van der Waals surface area contributed by atoms with E-state index in [4.69, 9.17) is 9.84 Å². The number of aliphatic hydroxyl groups is 1. The quantitative estimate of drug-likeness (QED) is 0.487. The number of carbonyl (C=O) groups is 1. The van der Waals surface area contributed by atoms with Crippen LogP contribution in [0.2, 0.25) is 0 Å². The number of aromatic nitrogens is 4. The molecular formula is C20H23F2N5O3. The molecule has 0 unspecified atom stereocenters. The van der Waals surface area contributed by atoms with Crippen LogP contribution < -0.4 is 10.1 Å². The molecule has 0 aliphatic heterocycles. The Morgan fingerprint density at radius 3 is 2.93 bits per heavy atom. The number of carbonyl (C=O) groups excluding carboxylic acids is 1. The zero-order valence-electron chi connectivity index (χ0n) is 16.5. The van der Waals surface area contributed by atoms with E-state index in [1.165, 1.54) is 0 Å². The first-order valence-corrected chi connectivity index (χ1v) is 9.51. The average molecular weight is 419 g/mol. The molecule has 3 aromatic heterocycles. The van der Waals surface area contributed by atoms with Crippen LogP contribution in [0.5, 0.6) is 5.88 Å². The van der Waals surface area contributed by atoms with E-state index in [1.54, 1.807) is 30.1 Å². The van der Waals surface area contributed by atoms with Gasteiger partial charge in [-0.15, -0.1) is 0 Å². The number of halogens is 2. The van der Waals surface area contributed by atoms with Gasteiger partial charge in [0, 0.05) is 42.7 Å². The van der Waals surface area contributed by atoms with E-state index in [0.717, 1.165) is 10.9 Å². The third-order valence-electron chi connectivity index (χ3n) is 4.33. The lowest BCUT2D eigenvalue weighted by molar-refractivity contribution is -0.120. The zero-order chi connectivity index (χ0) is 21.5. The Morgan fingerprint density at radius 2 is 2.20 bits per heavy atom. The highest BCUT2D eigenvalue weighted by Gasteiger charge is 2.12. The van der Waals surface area contributed by atoms with Crippen molar-refractivity contribution in [2.24, 2.45) is 0 Å². The van der Waals surface area contributed by atoms with Gasteiger partial charge in [-0.25, -0.2) is 13.8 Å². The van der Waals surface area contributed by atoms with Gasteiger partial charge in [0.1, 0.15) is 0 Å². The number of aliphatic hydroxyl groups excluding tert-OH is 1. The van der Waals surface area contributed by atoms with Crippen molar-refractivity contribution in [1.29, 1.82) is 0 Å². The van der Waals surface area contributed by atoms with E-state index < -0.39 is 13.0 Å². The normalized spacial score (nSPS) is 11.2. The van der Waals surface area contributed by atoms with Crippen molar-refractivity contribution in [3.05, 3.63) is 47.5 Å². The van der Waals surface area contributed by atoms with Crippen LogP contribution in [0.25, 0.3) is 10.9 Å². The summed E-state index contributed by atoms with van der Waals surface area (Å²) in [6.07, 6.45) is 3.05. The number of hydrogen-bond donors (Lipinski definition) is 2. The molecule has 3 rings (SSSR count). The summed E-state index contributed by atoms with van der Waals surface area (Å²) in [7, 11) is 0. The largest absolute Gasteiger partial charge is 0.471 e. The first-order valence-electron chi connectivity index (χ1n) is 9.51. The maximum Gasteiger partial charge on any atom is 0.272 e. The molecule has 0 bridgehead atoms. The van der Waals surface area contributed by atoms with Gasteiger partial charge in [-0.3, -0.25) is 14.5 Å². The number of rotatable bonds is 10. The van der Waals surface area contributed by atoms with Crippen molar-refractivity contribution in [2.45, 2.75) is 32.7 Å². The van der Waals surface area contributed by atoms with Crippen LogP contribution in [-0.4, -0.2) is 56.9 Å². The Morgan fingerprint density at radius 1 is 1.37 bits per heavy atom. The molecule has 8 nitrogen and oxygen atoms in total. The van der Waals surface area contributed by atoms with Gasteiger partial charge < -0.3 is 15.2 Å². The molecule has 0 aromatic carbocycles. The van der Waals surface area contributed by atoms with Crippen molar-refractivity contribution < 1.29 is 23.4 Å². The van der Waals surface area contributed by atoms with Crippen LogP contribution in [0, 0.1) is 6.92 Å². The Balaban J connectivity index is 1.71. The van der Waals surface area contributed by atoms with Gasteiger partial charge >= 0.3 is 0 Å². The van der Waals surface area contributed by atoms with Gasteiger partial charge in [0.05, 0.1) is 24.2 Å². The Hall–Kier alpha value is -3.14. The van der Waals surface area contributed by atoms with Crippen LogP contribution in [0.15, 0.2) is 30.7 Å². The van der Waals surface area contributed by atoms with Crippen LogP contribution in [0.1, 0.15) is 23.2 Å². The van der Waals surface area contributed by atoms with Gasteiger partial charge in [0.2, 0.25) is 11.8 Å². The summed E-state index contributed by atoms with van der Waals surface area (Å²) in [4.78, 5) is 20.5. The maximum absolute atomic E-state index is 12.3. The highest BCUT2D eigenvalue weighted by Crippen LogP contribution is 2.19. The fourth-order valence-corrected chi connectivity index (χ4v) is 2.98. The number of amides is 1. The minimum atomic E-state index is -2.55. The smallest absolute Gasteiger partial charge is 0.272 e. The third-order valence-corrected chi connectivity index (χ3v) is 4.33. The lowest BCUT2D eigenvalue weighted by Gasteiger charge is -2.09. The summed E-state index contributed by atoms with van der Waals surface area (Å²) in [6.45, 7) is 1.90. The molecule has 0 aliphatic carbocycles. The molecule has 3 aromatic rings. The Bertz CT molecular complexity index is 1010. The van der Waals surface area contributed by atoms with Crippen molar-refractivity contribution in [3.63, 3.8) is 0 Å². The Kier molecular flexibility index (Phi) is 7.23. The molecule has 3 heterocycles. The fourth-order valence-electron chi connectivity index (χ4n) is 2.98. The summed E-state index contributed by atoms with van der Waals surface area (Å²) in [6, 6.07) is 3.58. The summed E-state index contributed by atoms with van der Waals surface area (Å²) >= 11 is 0. The van der Waals surface area contributed by atoms with E-state index in [9.17, 15) is 13.6 Å². The van der Waals surface area contributed by atoms with E-state index in [1.807, 2.05) is 12.3 Å². The number of hydrogen-bond acceptors (Lipinski definition) is 6. The van der Waals surface area contributed by atoms with E-state index in [2.05, 4.69) is 20.4 Å². The first kappa shape index (κ1) is 21.6. The predicted octanol–water partition coefficient (Wildman–Crippen LogP) is 1.87. The van der Waals surface area contributed by atoms with E-state index in [0.29, 0.717) is 36.3 Å². The second-order valence-corrected chi connectivity index (χ2v) is 6.79. The Labute approximate surface area is 171 Å². The third kappa shape index (κ3) is 5.69. The number of nitrogens with zero attached hydrogens (tertiary/aromatic N) is 4. The molecule has 2 N–H and O–H groups in total. The number of ether oxygens (including phenoxy) is 1. The molecule has 0 atom stereocenters. The summed E-state index contributed by atoms with van der Waals surface area (Å²) in [5.41, 5.74) is 2.82. The lowest BCUT2D eigenvalue weighted by Crippen LogP contribution is -2.26. The molecule has 10 heteroatoms. The number of fused-ring (bicyclic) bond motifs is 1. The molecule has 160 valence electrons. The minimum absolute atomic E-state index is 0.0224. The van der Waals surface area contributed by atoms with Gasteiger partial charge in [0.15, 0.2) is 6.61 Å². The van der Waals surface area contributed by atoms with Crippen molar-refractivity contribution in [3.8, 4) is 5.88 Å². The number of alkyl halides is 2. The summed E-state index contributed by atoms with van der Waals surface area (Å²) in [5, 5.41) is 16.8. The average Bonchev–Trinajstić information content (AvgIpc) is 3.11. The molecular weight excluding hydrogens is 396 g/mol. The molecule has 0 aliphatic rings. The number of pyridine rings is 2. The standard InChI is InChI=1S/C20H23F2N5O3/c1-13-7-14(9-25-20(13)30-12-18(21)22)10-27-11-15-16(26-27)3-5-23-17(15)8-19(29)24-4-2-6-28/h3,5,7,9,11,18,28H,2,4,6,8,10,12H2,1H3,(H,24,29). The zero-order valence-corrected chi connectivity index (χ0v) is 16.5. The molecule has 0 spiro atoms. The monoisotopic (exact) mass is 419 g/mol. The van der Waals surface area contributed by atoms with Crippen molar-refractivity contribution in [1.82, 2.24) is 25.1 Å². The van der Waals surface area contributed by atoms with Crippen LogP contribution in [-0.2, 0) is 17.8 Å². The first-order chi connectivity index (χ1) is 14.5. The number of nitrogens with one attached hydrogen (secondary N) is 1. The summed E-state index contributed by atoms with van der Waals surface area (Å²) in [5.74, 6) is 0.0128. The molecule has 1 amide bonds. The minimum Gasteiger partial charge on any atom is -0.471 e. The molecule has 30 heavy (non-hydrogen) atoms. The lowest BCUT2D eigenvalue weighted by atomic mass is 10.2.